The van der Waals surface area contributed by atoms with Crippen LogP contribution < -0.4 is 14.4 Å². The van der Waals surface area contributed by atoms with Crippen molar-refractivity contribution in [2.45, 2.75) is 75.2 Å². The SMILES string of the molecule is CO[C@]1(c2cncc(CN3CCOCC3)c2)/C=C\C[C@H](C)[C@@H](C)S(=O)(=O)NC(=O)c2ccc3c(c2)N(C[C@@H]2CC[C@H]21)C[C@@]1(CCCc2cc(Cl)ccc21)CO3. The van der Waals surface area contributed by atoms with Gasteiger partial charge in [0.1, 0.15) is 11.4 Å². The first-order chi connectivity index (χ1) is 26.5. The monoisotopic (exact) mass is 788 g/mol. The third kappa shape index (κ3) is 7.43. The number of hydrogen-bond acceptors (Lipinski definition) is 9. The minimum absolute atomic E-state index is 0.117. The number of aryl methyl sites for hydroxylation is 1. The molecule has 3 aromatic rings. The fourth-order valence-corrected chi connectivity index (χ4v) is 11.2. The largest absolute Gasteiger partial charge is 0.490 e. The van der Waals surface area contributed by atoms with Gasteiger partial charge in [0.05, 0.1) is 30.8 Å². The summed E-state index contributed by atoms with van der Waals surface area (Å²) in [4.78, 5) is 23.3. The van der Waals surface area contributed by atoms with E-state index in [1.807, 2.05) is 37.5 Å². The molecule has 2 aromatic carbocycles. The summed E-state index contributed by atoms with van der Waals surface area (Å²) in [5.74, 6) is 0.143. The predicted molar refractivity (Wildman–Crippen MR) is 214 cm³/mol. The number of rotatable bonds is 4. The van der Waals surface area contributed by atoms with Crippen molar-refractivity contribution < 1.29 is 27.4 Å². The van der Waals surface area contributed by atoms with Crippen LogP contribution in [0.2, 0.25) is 5.02 Å². The number of ether oxygens (including phenoxy) is 3. The number of benzene rings is 2. The molecule has 0 radical (unpaired) electrons. The van der Waals surface area contributed by atoms with Crippen LogP contribution in [-0.2, 0) is 43.5 Å². The highest BCUT2D eigenvalue weighted by Crippen LogP contribution is 2.52. The van der Waals surface area contributed by atoms with E-state index in [9.17, 15) is 13.2 Å². The zero-order valence-electron chi connectivity index (χ0n) is 32.1. The Morgan fingerprint density at radius 1 is 1.07 bits per heavy atom. The molecule has 1 N–H and O–H groups in total. The first-order valence-electron chi connectivity index (χ1n) is 19.8. The highest BCUT2D eigenvalue weighted by molar-refractivity contribution is 7.90. The molecule has 2 bridgehead atoms. The van der Waals surface area contributed by atoms with Crippen LogP contribution in [0.1, 0.15) is 78.6 Å². The molecule has 1 amide bonds. The third-order valence-electron chi connectivity index (χ3n) is 13.2. The topological polar surface area (TPSA) is 110 Å². The quantitative estimate of drug-likeness (QED) is 0.291. The molecule has 5 aliphatic rings. The average Bonchev–Trinajstić information content (AvgIpc) is 3.32. The molecular formula is C43H53ClN4O6S. The van der Waals surface area contributed by atoms with Gasteiger partial charge >= 0.3 is 0 Å². The van der Waals surface area contributed by atoms with Crippen molar-refractivity contribution in [2.75, 3.05) is 58.0 Å². The van der Waals surface area contributed by atoms with Crippen LogP contribution in [0.3, 0.4) is 0 Å². The molecule has 12 heteroatoms. The molecule has 0 unspecified atom stereocenters. The minimum Gasteiger partial charge on any atom is -0.490 e. The van der Waals surface area contributed by atoms with Gasteiger partial charge in [0.25, 0.3) is 5.91 Å². The van der Waals surface area contributed by atoms with Crippen LogP contribution in [-0.4, -0.2) is 82.6 Å². The van der Waals surface area contributed by atoms with Crippen LogP contribution in [0.15, 0.2) is 67.0 Å². The Morgan fingerprint density at radius 3 is 2.69 bits per heavy atom. The molecule has 6 atom stereocenters. The van der Waals surface area contributed by atoms with Crippen LogP contribution in [0.5, 0.6) is 5.75 Å². The summed E-state index contributed by atoms with van der Waals surface area (Å²) in [5.41, 5.74) is 4.64. The minimum atomic E-state index is -4.00. The van der Waals surface area contributed by atoms with Gasteiger partial charge in [-0.25, -0.2) is 13.1 Å². The molecule has 10 nitrogen and oxygen atoms in total. The van der Waals surface area contributed by atoms with E-state index in [2.05, 4.69) is 44.9 Å². The van der Waals surface area contributed by atoms with Crippen molar-refractivity contribution in [3.05, 3.63) is 99.9 Å². The highest BCUT2D eigenvalue weighted by Gasteiger charge is 2.50. The fraction of sp³-hybridized carbons (Fsp3) is 0.535. The maximum absolute atomic E-state index is 13.7. The molecule has 1 saturated carbocycles. The predicted octanol–water partition coefficient (Wildman–Crippen LogP) is 6.65. The summed E-state index contributed by atoms with van der Waals surface area (Å²) < 4.78 is 48.8. The molecule has 8 rings (SSSR count). The second-order valence-corrected chi connectivity index (χ2v) is 19.0. The number of anilines is 1. The summed E-state index contributed by atoms with van der Waals surface area (Å²) in [7, 11) is -2.20. The van der Waals surface area contributed by atoms with E-state index in [0.717, 1.165) is 86.8 Å². The number of carbonyl (C=O) groups is 1. The number of aromatic nitrogens is 1. The number of amides is 1. The zero-order chi connectivity index (χ0) is 38.4. The number of allylic oxidation sites excluding steroid dienone is 1. The van der Waals surface area contributed by atoms with Crippen LogP contribution in [0, 0.1) is 17.8 Å². The van der Waals surface area contributed by atoms with Gasteiger partial charge < -0.3 is 19.1 Å². The summed E-state index contributed by atoms with van der Waals surface area (Å²) in [6.45, 7) is 9.46. The summed E-state index contributed by atoms with van der Waals surface area (Å²) >= 11 is 6.51. The highest BCUT2D eigenvalue weighted by atomic mass is 35.5. The van der Waals surface area contributed by atoms with Gasteiger partial charge in [0, 0.05) is 79.7 Å². The number of pyridine rings is 1. The average molecular weight is 789 g/mol. The summed E-state index contributed by atoms with van der Waals surface area (Å²) in [5, 5.41) is -0.0842. The van der Waals surface area contributed by atoms with Crippen molar-refractivity contribution in [2.24, 2.45) is 17.8 Å². The number of nitrogens with one attached hydrogen (secondary N) is 1. The maximum atomic E-state index is 13.7. The Morgan fingerprint density at radius 2 is 1.91 bits per heavy atom. The summed E-state index contributed by atoms with van der Waals surface area (Å²) in [6.07, 6.45) is 13.5. The standard InChI is InChI=1S/C43H53ClN4O6S/c1-29-6-4-15-43(52-3,35-20-31(23-45-24-35)25-47-16-18-53-19-17-47)38-11-8-34(38)26-48-27-42(14-5-7-32-21-36(44)10-12-37(32)42)28-54-40-13-9-33(22-39(40)48)41(49)46-55(50,51)30(29)2/h4,9-10,12-13,15,20-24,29-30,34,38H,5-8,11,14,16-19,25-28H2,1-3H3,(H,46,49)/b15-4-/t29-,30+,34-,38+,42-,43-/m0/s1. The number of morpholine rings is 1. The Balaban J connectivity index is 1.22. The van der Waals surface area contributed by atoms with Crippen molar-refractivity contribution in [1.29, 1.82) is 0 Å². The van der Waals surface area contributed by atoms with E-state index >= 15 is 0 Å². The second-order valence-electron chi connectivity index (χ2n) is 16.5. The molecule has 4 heterocycles. The lowest BCUT2D eigenvalue weighted by Crippen LogP contribution is -2.52. The Kier molecular flexibility index (Phi) is 10.8. The van der Waals surface area contributed by atoms with E-state index in [4.69, 9.17) is 30.8 Å². The van der Waals surface area contributed by atoms with Crippen LogP contribution >= 0.6 is 11.6 Å². The van der Waals surface area contributed by atoms with Gasteiger partial charge in [-0.15, -0.1) is 0 Å². The van der Waals surface area contributed by atoms with E-state index in [1.165, 1.54) is 11.1 Å². The molecule has 2 fully saturated rings. The number of sulfonamides is 1. The molecule has 55 heavy (non-hydrogen) atoms. The zero-order valence-corrected chi connectivity index (χ0v) is 33.7. The normalized spacial score (nSPS) is 31.6. The first kappa shape index (κ1) is 38.4. The number of fused-ring (bicyclic) bond motifs is 4. The van der Waals surface area contributed by atoms with Crippen molar-refractivity contribution in [1.82, 2.24) is 14.6 Å². The Labute approximate surface area is 330 Å². The van der Waals surface area contributed by atoms with Gasteiger partial charge in [-0.05, 0) is 110 Å². The second kappa shape index (κ2) is 15.5. The van der Waals surface area contributed by atoms with E-state index < -0.39 is 26.8 Å². The van der Waals surface area contributed by atoms with Crippen molar-refractivity contribution in [3.8, 4) is 5.75 Å². The molecular weight excluding hydrogens is 736 g/mol. The molecule has 3 aliphatic heterocycles. The van der Waals surface area contributed by atoms with Crippen LogP contribution in [0.25, 0.3) is 0 Å². The maximum Gasteiger partial charge on any atom is 0.264 e. The van der Waals surface area contributed by atoms with Crippen molar-refractivity contribution >= 4 is 33.2 Å². The number of halogens is 1. The molecule has 1 saturated heterocycles. The molecule has 2 aliphatic carbocycles. The van der Waals surface area contributed by atoms with Gasteiger partial charge in [-0.3, -0.25) is 14.7 Å². The van der Waals surface area contributed by atoms with E-state index in [0.29, 0.717) is 31.9 Å². The number of hydrogen-bond donors (Lipinski definition) is 1. The molecule has 1 aromatic heterocycles. The number of carbonyl (C=O) groups excluding carboxylic acids is 1. The smallest absolute Gasteiger partial charge is 0.264 e. The lowest BCUT2D eigenvalue weighted by molar-refractivity contribution is -0.0807. The van der Waals surface area contributed by atoms with E-state index in [-0.39, 0.29) is 28.7 Å². The van der Waals surface area contributed by atoms with Crippen molar-refractivity contribution in [3.63, 3.8) is 0 Å². The van der Waals surface area contributed by atoms with Gasteiger partial charge in [-0.1, -0.05) is 36.7 Å². The Bertz CT molecular complexity index is 2060. The van der Waals surface area contributed by atoms with Gasteiger partial charge in [0.15, 0.2) is 0 Å². The number of methoxy groups -OCH3 is 1. The summed E-state index contributed by atoms with van der Waals surface area (Å²) in [6, 6.07) is 13.8. The van der Waals surface area contributed by atoms with Gasteiger partial charge in [0.2, 0.25) is 10.0 Å². The fourth-order valence-electron chi connectivity index (χ4n) is 9.70. The molecule has 294 valence electrons. The third-order valence-corrected chi connectivity index (χ3v) is 15.4. The van der Waals surface area contributed by atoms with E-state index in [1.54, 1.807) is 20.1 Å². The lowest BCUT2D eigenvalue weighted by atomic mass is 9.62. The lowest BCUT2D eigenvalue weighted by Gasteiger charge is -2.50. The van der Waals surface area contributed by atoms with Crippen LogP contribution in [0.4, 0.5) is 5.69 Å². The number of nitrogens with zero attached hydrogens (tertiary/aromatic N) is 3. The first-order valence-corrected chi connectivity index (χ1v) is 21.8. The van der Waals surface area contributed by atoms with Gasteiger partial charge in [-0.2, -0.15) is 0 Å². The Hall–Kier alpha value is -3.48. The molecule has 1 spiro atoms.